The van der Waals surface area contributed by atoms with Crippen LogP contribution in [0, 0.1) is 0 Å². The largest absolute Gasteiger partial charge is 0.459 e. The van der Waals surface area contributed by atoms with Crippen molar-refractivity contribution in [1.82, 2.24) is 5.32 Å². The first-order chi connectivity index (χ1) is 11.2. The van der Waals surface area contributed by atoms with E-state index in [1.54, 1.807) is 27.0 Å². The van der Waals surface area contributed by atoms with Gasteiger partial charge in [-0.05, 0) is 32.6 Å². The Balaban J connectivity index is 2.67. The number of hydrogen-bond donors (Lipinski definition) is 1. The third-order valence-corrected chi connectivity index (χ3v) is 3.42. The Morgan fingerprint density at radius 1 is 1.17 bits per heavy atom. The summed E-state index contributed by atoms with van der Waals surface area (Å²) in [4.78, 5) is 35.7. The lowest BCUT2D eigenvalue weighted by Gasteiger charge is -2.22. The van der Waals surface area contributed by atoms with E-state index in [0.29, 0.717) is 0 Å². The molecule has 0 saturated heterocycles. The van der Waals surface area contributed by atoms with Gasteiger partial charge < -0.3 is 14.8 Å². The summed E-state index contributed by atoms with van der Waals surface area (Å²) in [7, 11) is 0. The van der Waals surface area contributed by atoms with E-state index in [0.717, 1.165) is 17.3 Å². The minimum absolute atomic E-state index is 0.0691. The summed E-state index contributed by atoms with van der Waals surface area (Å²) >= 11 is 0.986. The van der Waals surface area contributed by atoms with Gasteiger partial charge in [0.1, 0.15) is 18.2 Å². The van der Waals surface area contributed by atoms with Crippen LogP contribution in [0.3, 0.4) is 0 Å². The van der Waals surface area contributed by atoms with Gasteiger partial charge in [0, 0.05) is 6.42 Å². The third-order valence-electron chi connectivity index (χ3n) is 2.80. The number of carbonyl (C=O) groups is 3. The van der Waals surface area contributed by atoms with Gasteiger partial charge in [0.2, 0.25) is 0 Å². The molecule has 0 aromatic heterocycles. The maximum Gasteiger partial charge on any atom is 0.408 e. The molecule has 1 unspecified atom stereocenters. The molecule has 1 N–H and O–H groups in total. The number of esters is 1. The molecule has 0 aliphatic rings. The highest BCUT2D eigenvalue weighted by Gasteiger charge is 2.27. The monoisotopic (exact) mass is 353 g/mol. The van der Waals surface area contributed by atoms with Gasteiger partial charge in [-0.1, -0.05) is 42.1 Å². The van der Waals surface area contributed by atoms with Gasteiger partial charge in [-0.15, -0.1) is 0 Å². The Morgan fingerprint density at radius 2 is 1.79 bits per heavy atom. The number of alkyl carbamates (subject to hydrolysis) is 1. The third kappa shape index (κ3) is 8.01. The summed E-state index contributed by atoms with van der Waals surface area (Å²) in [6.45, 7) is 5.20. The highest BCUT2D eigenvalue weighted by Crippen LogP contribution is 2.10. The normalized spacial score (nSPS) is 12.2. The van der Waals surface area contributed by atoms with Crippen molar-refractivity contribution < 1.29 is 23.9 Å². The topological polar surface area (TPSA) is 81.7 Å². The van der Waals surface area contributed by atoms with Crippen molar-refractivity contribution in [3.05, 3.63) is 35.9 Å². The van der Waals surface area contributed by atoms with Crippen LogP contribution >= 0.6 is 11.8 Å². The fourth-order valence-electron chi connectivity index (χ4n) is 1.72. The highest BCUT2D eigenvalue weighted by atomic mass is 32.2. The number of ether oxygens (including phenoxy) is 2. The van der Waals surface area contributed by atoms with Crippen molar-refractivity contribution in [2.24, 2.45) is 0 Å². The van der Waals surface area contributed by atoms with Gasteiger partial charge >= 0.3 is 12.1 Å². The number of rotatable bonds is 6. The van der Waals surface area contributed by atoms with E-state index in [1.165, 1.54) is 0 Å². The molecule has 0 aliphatic carbocycles. The summed E-state index contributed by atoms with van der Waals surface area (Å²) in [6, 6.07) is 8.07. The first-order valence-electron chi connectivity index (χ1n) is 7.48. The van der Waals surface area contributed by atoms with Crippen LogP contribution in [-0.4, -0.2) is 35.1 Å². The van der Waals surface area contributed by atoms with Gasteiger partial charge in [-0.3, -0.25) is 4.79 Å². The molecule has 0 saturated carbocycles. The molecule has 1 aromatic rings. The van der Waals surface area contributed by atoms with Crippen molar-refractivity contribution in [2.45, 2.75) is 45.4 Å². The average Bonchev–Trinajstić information content (AvgIpc) is 2.51. The summed E-state index contributed by atoms with van der Waals surface area (Å²) < 4.78 is 10.3. The predicted octanol–water partition coefficient (Wildman–Crippen LogP) is 2.90. The summed E-state index contributed by atoms with van der Waals surface area (Å²) in [5.74, 6) is -0.674. The molecule has 1 atom stereocenters. The second-order valence-electron chi connectivity index (χ2n) is 6.07. The zero-order valence-electron chi connectivity index (χ0n) is 14.3. The first-order valence-corrected chi connectivity index (χ1v) is 8.70. The van der Waals surface area contributed by atoms with Gasteiger partial charge in [-0.2, -0.15) is 0 Å². The van der Waals surface area contributed by atoms with E-state index >= 15 is 0 Å². The van der Waals surface area contributed by atoms with Crippen LogP contribution in [0.25, 0.3) is 0 Å². The number of thioether (sulfide) groups is 1. The smallest absolute Gasteiger partial charge is 0.408 e. The fraction of sp³-hybridized carbons (Fsp3) is 0.471. The molecule has 0 bridgehead atoms. The van der Waals surface area contributed by atoms with E-state index in [1.807, 2.05) is 30.3 Å². The number of carbonyl (C=O) groups excluding carboxylic acids is 3. The molecule has 7 heteroatoms. The minimum Gasteiger partial charge on any atom is -0.459 e. The average molecular weight is 353 g/mol. The molecule has 1 amide bonds. The lowest BCUT2D eigenvalue weighted by atomic mass is 10.2. The Labute approximate surface area is 146 Å². The van der Waals surface area contributed by atoms with Crippen LogP contribution < -0.4 is 5.32 Å². The van der Waals surface area contributed by atoms with E-state index in [2.05, 4.69) is 5.32 Å². The van der Waals surface area contributed by atoms with Crippen LogP contribution in [-0.2, 0) is 25.7 Å². The Kier molecular flexibility index (Phi) is 7.78. The molecular weight excluding hydrogens is 330 g/mol. The van der Waals surface area contributed by atoms with Crippen molar-refractivity contribution in [2.75, 3.05) is 6.26 Å². The van der Waals surface area contributed by atoms with Crippen molar-refractivity contribution in [1.29, 1.82) is 0 Å². The predicted molar refractivity (Wildman–Crippen MR) is 92.5 cm³/mol. The second-order valence-corrected chi connectivity index (χ2v) is 6.94. The molecule has 6 nitrogen and oxygen atoms in total. The summed E-state index contributed by atoms with van der Waals surface area (Å²) in [5.41, 5.74) is 0.115. The number of hydrogen-bond acceptors (Lipinski definition) is 6. The molecule has 24 heavy (non-hydrogen) atoms. The van der Waals surface area contributed by atoms with Crippen molar-refractivity contribution in [3.63, 3.8) is 0 Å². The number of benzene rings is 1. The van der Waals surface area contributed by atoms with Gasteiger partial charge in [0.05, 0.1) is 0 Å². The Hall–Kier alpha value is -2.02. The SMILES string of the molecule is CSC(=O)CC(NC(=O)OC(C)(C)C)C(=O)OCc1ccccc1. The fourth-order valence-corrected chi connectivity index (χ4v) is 2.06. The zero-order valence-corrected chi connectivity index (χ0v) is 15.1. The van der Waals surface area contributed by atoms with E-state index < -0.39 is 23.7 Å². The first kappa shape index (κ1) is 20.0. The van der Waals surface area contributed by atoms with Gasteiger partial charge in [0.25, 0.3) is 0 Å². The van der Waals surface area contributed by atoms with Crippen molar-refractivity contribution in [3.8, 4) is 0 Å². The Bertz CT molecular complexity index is 568. The zero-order chi connectivity index (χ0) is 18.2. The van der Waals surface area contributed by atoms with Crippen LogP contribution in [0.4, 0.5) is 4.79 Å². The molecule has 0 spiro atoms. The molecule has 132 valence electrons. The summed E-state index contributed by atoms with van der Waals surface area (Å²) in [6.07, 6.45) is 0.689. The molecule has 0 radical (unpaired) electrons. The van der Waals surface area contributed by atoms with Crippen LogP contribution in [0.5, 0.6) is 0 Å². The summed E-state index contributed by atoms with van der Waals surface area (Å²) in [5, 5.41) is 2.18. The number of amides is 1. The standard InChI is InChI=1S/C17H23NO5S/c1-17(2,3)23-16(21)18-13(10-14(19)24-4)15(20)22-11-12-8-6-5-7-9-12/h5-9,13H,10-11H2,1-4H3,(H,18,21). The van der Waals surface area contributed by atoms with Gasteiger partial charge in [-0.25, -0.2) is 9.59 Å². The van der Waals surface area contributed by atoms with Crippen LogP contribution in [0.2, 0.25) is 0 Å². The second kappa shape index (κ2) is 9.32. The lowest BCUT2D eigenvalue weighted by molar-refractivity contribution is -0.148. The van der Waals surface area contributed by atoms with Crippen LogP contribution in [0.15, 0.2) is 30.3 Å². The minimum atomic E-state index is -1.08. The van der Waals surface area contributed by atoms with Crippen LogP contribution in [0.1, 0.15) is 32.8 Å². The molecule has 0 heterocycles. The lowest BCUT2D eigenvalue weighted by Crippen LogP contribution is -2.45. The maximum atomic E-state index is 12.2. The van der Waals surface area contributed by atoms with Gasteiger partial charge in [0.15, 0.2) is 5.12 Å². The molecule has 0 fully saturated rings. The highest BCUT2D eigenvalue weighted by molar-refractivity contribution is 8.13. The quantitative estimate of drug-likeness (QED) is 0.792. The van der Waals surface area contributed by atoms with E-state index in [-0.39, 0.29) is 18.1 Å². The van der Waals surface area contributed by atoms with E-state index in [4.69, 9.17) is 9.47 Å². The molecule has 1 aromatic carbocycles. The van der Waals surface area contributed by atoms with Crippen molar-refractivity contribution >= 4 is 28.9 Å². The molecular formula is C17H23NO5S. The molecule has 0 aliphatic heterocycles. The van der Waals surface area contributed by atoms with E-state index in [9.17, 15) is 14.4 Å². The number of nitrogens with one attached hydrogen (secondary N) is 1. The molecule has 1 rings (SSSR count). The Morgan fingerprint density at radius 3 is 2.33 bits per heavy atom. The maximum absolute atomic E-state index is 12.2.